The van der Waals surface area contributed by atoms with Gasteiger partial charge in [-0.05, 0) is 24.1 Å². The summed E-state index contributed by atoms with van der Waals surface area (Å²) < 4.78 is 28.0. The minimum absolute atomic E-state index is 0.106. The summed E-state index contributed by atoms with van der Waals surface area (Å²) in [5, 5.41) is 0.212. The topological polar surface area (TPSA) is 9.23 Å². The summed E-state index contributed by atoms with van der Waals surface area (Å²) in [5.41, 5.74) is 0.876. The standard InChI is InChI=1S/C9H8Cl2F2O/c1-2-5-3-6(10)8(7(11)4-5)14-9(12)13/h3-4,9H,2H2,1H3. The quantitative estimate of drug-likeness (QED) is 0.772. The molecule has 1 rings (SSSR count). The highest BCUT2D eigenvalue weighted by molar-refractivity contribution is 6.37. The van der Waals surface area contributed by atoms with Gasteiger partial charge in [0.15, 0.2) is 5.75 Å². The van der Waals surface area contributed by atoms with Crippen molar-refractivity contribution in [2.45, 2.75) is 20.0 Å². The number of hydrogen-bond acceptors (Lipinski definition) is 1. The minimum atomic E-state index is -2.92. The fraction of sp³-hybridized carbons (Fsp3) is 0.333. The van der Waals surface area contributed by atoms with Crippen LogP contribution in [0.25, 0.3) is 0 Å². The van der Waals surface area contributed by atoms with Crippen molar-refractivity contribution in [3.05, 3.63) is 27.7 Å². The third-order valence-corrected chi connectivity index (χ3v) is 2.23. The van der Waals surface area contributed by atoms with Crippen LogP contribution in [0.2, 0.25) is 10.0 Å². The van der Waals surface area contributed by atoms with Crippen molar-refractivity contribution in [2.24, 2.45) is 0 Å². The van der Waals surface area contributed by atoms with Crippen LogP contribution in [0, 0.1) is 0 Å². The SMILES string of the molecule is CCc1cc(Cl)c(OC(F)F)c(Cl)c1. The molecule has 0 aromatic heterocycles. The summed E-state index contributed by atoms with van der Waals surface area (Å²) >= 11 is 11.4. The van der Waals surface area contributed by atoms with Gasteiger partial charge in [0.25, 0.3) is 0 Å². The first-order valence-electron chi connectivity index (χ1n) is 3.97. The second kappa shape index (κ2) is 4.80. The van der Waals surface area contributed by atoms with Gasteiger partial charge in [0.2, 0.25) is 0 Å². The van der Waals surface area contributed by atoms with Gasteiger partial charge in [-0.3, -0.25) is 0 Å². The first-order chi connectivity index (χ1) is 6.54. The van der Waals surface area contributed by atoms with E-state index in [9.17, 15) is 8.78 Å². The third-order valence-electron chi connectivity index (χ3n) is 1.67. The minimum Gasteiger partial charge on any atom is -0.432 e. The van der Waals surface area contributed by atoms with Gasteiger partial charge in [-0.15, -0.1) is 0 Å². The molecule has 0 N–H and O–H groups in total. The predicted octanol–water partition coefficient (Wildman–Crippen LogP) is 4.16. The van der Waals surface area contributed by atoms with Crippen LogP contribution < -0.4 is 4.74 Å². The van der Waals surface area contributed by atoms with Crippen LogP contribution in [0.3, 0.4) is 0 Å². The molecule has 0 aliphatic heterocycles. The molecule has 0 spiro atoms. The Morgan fingerprint density at radius 3 is 2.14 bits per heavy atom. The van der Waals surface area contributed by atoms with Gasteiger partial charge in [0.1, 0.15) is 0 Å². The summed E-state index contributed by atoms with van der Waals surface area (Å²) in [4.78, 5) is 0. The van der Waals surface area contributed by atoms with E-state index in [1.807, 2.05) is 6.92 Å². The Kier molecular flexibility index (Phi) is 3.96. The maximum absolute atomic E-state index is 11.9. The van der Waals surface area contributed by atoms with E-state index in [4.69, 9.17) is 23.2 Å². The Bertz CT molecular complexity index is 306. The second-order valence-electron chi connectivity index (χ2n) is 2.62. The van der Waals surface area contributed by atoms with Crippen molar-refractivity contribution in [3.63, 3.8) is 0 Å². The number of hydrogen-bond donors (Lipinski definition) is 0. The second-order valence-corrected chi connectivity index (χ2v) is 3.44. The Labute approximate surface area is 90.6 Å². The van der Waals surface area contributed by atoms with Crippen molar-refractivity contribution in [1.29, 1.82) is 0 Å². The van der Waals surface area contributed by atoms with Crippen LogP contribution in [0.4, 0.5) is 8.78 Å². The van der Waals surface area contributed by atoms with Crippen LogP contribution in [-0.2, 0) is 6.42 Å². The van der Waals surface area contributed by atoms with E-state index >= 15 is 0 Å². The molecule has 0 aliphatic rings. The molecule has 14 heavy (non-hydrogen) atoms. The molecule has 78 valence electrons. The van der Waals surface area contributed by atoms with E-state index in [1.165, 1.54) is 0 Å². The molecule has 0 aliphatic carbocycles. The number of aryl methyl sites for hydroxylation is 1. The molecule has 0 saturated carbocycles. The molecule has 5 heteroatoms. The van der Waals surface area contributed by atoms with Gasteiger partial charge in [0.05, 0.1) is 10.0 Å². The van der Waals surface area contributed by atoms with Crippen molar-refractivity contribution in [2.75, 3.05) is 0 Å². The van der Waals surface area contributed by atoms with Crippen LogP contribution in [0.5, 0.6) is 5.75 Å². The summed E-state index contributed by atoms with van der Waals surface area (Å²) in [5.74, 6) is -0.166. The molecule has 0 unspecified atom stereocenters. The molecule has 0 heterocycles. The Hall–Kier alpha value is -0.540. The highest BCUT2D eigenvalue weighted by atomic mass is 35.5. The van der Waals surface area contributed by atoms with E-state index in [0.29, 0.717) is 0 Å². The van der Waals surface area contributed by atoms with Crippen LogP contribution in [-0.4, -0.2) is 6.61 Å². The average Bonchev–Trinajstić information content (AvgIpc) is 2.10. The number of benzene rings is 1. The van der Waals surface area contributed by atoms with Gasteiger partial charge >= 0.3 is 6.61 Å². The van der Waals surface area contributed by atoms with Gasteiger partial charge in [-0.1, -0.05) is 30.1 Å². The fourth-order valence-electron chi connectivity index (χ4n) is 1.02. The van der Waals surface area contributed by atoms with Gasteiger partial charge in [-0.25, -0.2) is 0 Å². The van der Waals surface area contributed by atoms with Crippen molar-refractivity contribution in [1.82, 2.24) is 0 Å². The lowest BCUT2D eigenvalue weighted by atomic mass is 10.2. The van der Waals surface area contributed by atoms with Crippen molar-refractivity contribution >= 4 is 23.2 Å². The molecular weight excluding hydrogens is 233 g/mol. The van der Waals surface area contributed by atoms with E-state index in [1.54, 1.807) is 12.1 Å². The largest absolute Gasteiger partial charge is 0.432 e. The molecule has 0 bridgehead atoms. The number of ether oxygens (including phenoxy) is 1. The lowest BCUT2D eigenvalue weighted by molar-refractivity contribution is -0.0497. The zero-order chi connectivity index (χ0) is 10.7. The Balaban J connectivity index is 3.05. The average molecular weight is 241 g/mol. The van der Waals surface area contributed by atoms with E-state index in [2.05, 4.69) is 4.74 Å². The number of rotatable bonds is 3. The lowest BCUT2D eigenvalue weighted by Gasteiger charge is -2.09. The zero-order valence-electron chi connectivity index (χ0n) is 7.36. The maximum atomic E-state index is 11.9. The molecule has 0 amide bonds. The molecule has 0 saturated heterocycles. The lowest BCUT2D eigenvalue weighted by Crippen LogP contribution is -2.03. The molecular formula is C9H8Cl2F2O. The molecule has 1 aromatic rings. The van der Waals surface area contributed by atoms with Crippen LogP contribution in [0.1, 0.15) is 12.5 Å². The van der Waals surface area contributed by atoms with E-state index in [0.717, 1.165) is 12.0 Å². The predicted molar refractivity (Wildman–Crippen MR) is 52.5 cm³/mol. The molecule has 0 fully saturated rings. The van der Waals surface area contributed by atoms with Gasteiger partial charge < -0.3 is 4.74 Å². The third kappa shape index (κ3) is 2.72. The summed E-state index contributed by atoms with van der Waals surface area (Å²) in [7, 11) is 0. The first kappa shape index (κ1) is 11.5. The number of halogens is 4. The monoisotopic (exact) mass is 240 g/mol. The smallest absolute Gasteiger partial charge is 0.387 e. The maximum Gasteiger partial charge on any atom is 0.387 e. The summed E-state index contributed by atoms with van der Waals surface area (Å²) in [6.07, 6.45) is 0.731. The molecule has 1 aromatic carbocycles. The molecule has 1 nitrogen and oxygen atoms in total. The normalized spacial score (nSPS) is 10.7. The first-order valence-corrected chi connectivity index (χ1v) is 4.73. The van der Waals surface area contributed by atoms with Crippen LogP contribution >= 0.6 is 23.2 Å². The highest BCUT2D eigenvalue weighted by Crippen LogP contribution is 2.35. The fourth-order valence-corrected chi connectivity index (χ4v) is 1.64. The Morgan fingerprint density at radius 2 is 1.79 bits per heavy atom. The number of alkyl halides is 2. The van der Waals surface area contributed by atoms with E-state index < -0.39 is 6.61 Å². The van der Waals surface area contributed by atoms with Crippen LogP contribution in [0.15, 0.2) is 12.1 Å². The molecule has 0 radical (unpaired) electrons. The van der Waals surface area contributed by atoms with Gasteiger partial charge in [-0.2, -0.15) is 8.78 Å². The van der Waals surface area contributed by atoms with Crippen molar-refractivity contribution in [3.8, 4) is 5.75 Å². The Morgan fingerprint density at radius 1 is 1.29 bits per heavy atom. The highest BCUT2D eigenvalue weighted by Gasteiger charge is 2.13. The summed E-state index contributed by atoms with van der Waals surface area (Å²) in [6, 6.07) is 3.12. The van der Waals surface area contributed by atoms with Gasteiger partial charge in [0, 0.05) is 0 Å². The van der Waals surface area contributed by atoms with Crippen molar-refractivity contribution < 1.29 is 13.5 Å². The summed E-state index contributed by atoms with van der Waals surface area (Å²) in [6.45, 7) is -1.01. The zero-order valence-corrected chi connectivity index (χ0v) is 8.87. The van der Waals surface area contributed by atoms with E-state index in [-0.39, 0.29) is 15.8 Å². The molecule has 0 atom stereocenters.